The maximum Gasteiger partial charge on any atom is 0.0697 e. The summed E-state index contributed by atoms with van der Waals surface area (Å²) in [5.41, 5.74) is 0. The average Bonchev–Trinajstić information content (AvgIpc) is 2.93. The Morgan fingerprint density at radius 3 is 2.85 bits per heavy atom. The van der Waals surface area contributed by atoms with Crippen LogP contribution in [0.5, 0.6) is 0 Å². The van der Waals surface area contributed by atoms with Crippen LogP contribution in [0.25, 0.3) is 0 Å². The number of hydrogen-bond acceptors (Lipinski definition) is 3. The van der Waals surface area contributed by atoms with Crippen molar-refractivity contribution in [1.82, 2.24) is 5.32 Å². The Kier molecular flexibility index (Phi) is 5.35. The number of ether oxygens (including phenoxy) is 1. The molecular formula is C10H21NO2. The summed E-state index contributed by atoms with van der Waals surface area (Å²) in [5.74, 6) is 0.929. The monoisotopic (exact) mass is 187 g/mol. The number of hydrogen-bond donors (Lipinski definition) is 2. The molecule has 1 fully saturated rings. The van der Waals surface area contributed by atoms with Crippen LogP contribution in [0.2, 0.25) is 0 Å². The lowest BCUT2D eigenvalue weighted by atomic mass is 10.2. The van der Waals surface area contributed by atoms with Gasteiger partial charge < -0.3 is 15.2 Å². The molecule has 2 N–H and O–H groups in total. The Bertz CT molecular complexity index is 126. The van der Waals surface area contributed by atoms with Gasteiger partial charge in [0, 0.05) is 12.6 Å². The molecule has 0 bridgehead atoms. The molecule has 0 saturated heterocycles. The minimum absolute atomic E-state index is 0.131. The second kappa shape index (κ2) is 6.35. The molecule has 78 valence electrons. The number of aliphatic hydroxyl groups is 1. The van der Waals surface area contributed by atoms with Crippen LogP contribution in [-0.2, 0) is 4.74 Å². The van der Waals surface area contributed by atoms with Crippen molar-refractivity contribution in [2.24, 2.45) is 5.92 Å². The van der Waals surface area contributed by atoms with Crippen molar-refractivity contribution >= 4 is 0 Å². The predicted octanol–water partition coefficient (Wildman–Crippen LogP) is 0.773. The van der Waals surface area contributed by atoms with Gasteiger partial charge in [0.1, 0.15) is 0 Å². The lowest BCUT2D eigenvalue weighted by Crippen LogP contribution is -2.29. The van der Waals surface area contributed by atoms with E-state index in [4.69, 9.17) is 9.84 Å². The fraction of sp³-hybridized carbons (Fsp3) is 1.00. The Hall–Kier alpha value is -0.120. The van der Waals surface area contributed by atoms with Gasteiger partial charge in [-0.05, 0) is 38.6 Å². The van der Waals surface area contributed by atoms with Gasteiger partial charge in [-0.3, -0.25) is 0 Å². The maximum absolute atomic E-state index is 8.45. The topological polar surface area (TPSA) is 41.5 Å². The zero-order valence-corrected chi connectivity index (χ0v) is 8.46. The van der Waals surface area contributed by atoms with E-state index in [-0.39, 0.29) is 6.61 Å². The molecule has 1 atom stereocenters. The summed E-state index contributed by atoms with van der Waals surface area (Å²) in [7, 11) is 0. The molecule has 3 heteroatoms. The highest BCUT2D eigenvalue weighted by atomic mass is 16.5. The molecule has 1 saturated carbocycles. The third kappa shape index (κ3) is 5.24. The van der Waals surface area contributed by atoms with Gasteiger partial charge in [-0.2, -0.15) is 0 Å². The molecule has 0 aromatic rings. The largest absolute Gasteiger partial charge is 0.394 e. The van der Waals surface area contributed by atoms with E-state index in [0.29, 0.717) is 12.6 Å². The minimum Gasteiger partial charge on any atom is -0.394 e. The maximum atomic E-state index is 8.45. The van der Waals surface area contributed by atoms with Gasteiger partial charge in [-0.1, -0.05) is 0 Å². The van der Waals surface area contributed by atoms with Crippen molar-refractivity contribution in [2.45, 2.75) is 32.2 Å². The highest BCUT2D eigenvalue weighted by molar-refractivity contribution is 4.82. The first-order valence-electron chi connectivity index (χ1n) is 5.26. The molecule has 0 heterocycles. The van der Waals surface area contributed by atoms with Crippen LogP contribution in [0.4, 0.5) is 0 Å². The summed E-state index contributed by atoms with van der Waals surface area (Å²) in [6, 6.07) is 0.679. The molecule has 3 nitrogen and oxygen atoms in total. The van der Waals surface area contributed by atoms with Gasteiger partial charge in [0.15, 0.2) is 0 Å². The zero-order chi connectivity index (χ0) is 9.52. The van der Waals surface area contributed by atoms with Crippen molar-refractivity contribution < 1.29 is 9.84 Å². The summed E-state index contributed by atoms with van der Waals surface area (Å²) in [5, 5.41) is 11.9. The SMILES string of the molecule is CC(NCCCOCCO)C1CC1. The summed E-state index contributed by atoms with van der Waals surface area (Å²) < 4.78 is 5.15. The minimum atomic E-state index is 0.131. The van der Waals surface area contributed by atoms with Crippen molar-refractivity contribution in [2.75, 3.05) is 26.4 Å². The fourth-order valence-electron chi connectivity index (χ4n) is 1.43. The molecule has 0 radical (unpaired) electrons. The van der Waals surface area contributed by atoms with Gasteiger partial charge in [0.2, 0.25) is 0 Å². The molecule has 0 spiro atoms. The second-order valence-electron chi connectivity index (χ2n) is 3.77. The van der Waals surface area contributed by atoms with Gasteiger partial charge in [-0.15, -0.1) is 0 Å². The molecule has 1 aliphatic carbocycles. The standard InChI is InChI=1S/C10H21NO2/c1-9(10-3-4-10)11-5-2-7-13-8-6-12/h9-12H,2-8H2,1H3. The summed E-state index contributed by atoms with van der Waals surface area (Å²) in [6.07, 6.45) is 3.83. The smallest absolute Gasteiger partial charge is 0.0697 e. The second-order valence-corrected chi connectivity index (χ2v) is 3.77. The molecule has 0 aromatic heterocycles. The van der Waals surface area contributed by atoms with E-state index < -0.39 is 0 Å². The van der Waals surface area contributed by atoms with Crippen molar-refractivity contribution in [3.63, 3.8) is 0 Å². The van der Waals surface area contributed by atoms with Crippen molar-refractivity contribution in [3.8, 4) is 0 Å². The van der Waals surface area contributed by atoms with E-state index in [9.17, 15) is 0 Å². The Morgan fingerprint density at radius 1 is 1.46 bits per heavy atom. The first-order valence-corrected chi connectivity index (χ1v) is 5.26. The van der Waals surface area contributed by atoms with Gasteiger partial charge in [-0.25, -0.2) is 0 Å². The summed E-state index contributed by atoms with van der Waals surface area (Å²) in [4.78, 5) is 0. The Balaban J connectivity index is 1.77. The fourth-order valence-corrected chi connectivity index (χ4v) is 1.43. The lowest BCUT2D eigenvalue weighted by Gasteiger charge is -2.12. The number of rotatable bonds is 8. The highest BCUT2D eigenvalue weighted by Crippen LogP contribution is 2.32. The third-order valence-electron chi connectivity index (χ3n) is 2.50. The molecule has 1 rings (SSSR count). The van der Waals surface area contributed by atoms with Crippen LogP contribution in [-0.4, -0.2) is 37.5 Å². The molecule has 0 aliphatic heterocycles. The Labute approximate surface area is 80.5 Å². The van der Waals surface area contributed by atoms with E-state index >= 15 is 0 Å². The first kappa shape index (κ1) is 11.0. The first-order chi connectivity index (χ1) is 6.34. The van der Waals surface area contributed by atoms with Crippen LogP contribution in [0.1, 0.15) is 26.2 Å². The quantitative estimate of drug-likeness (QED) is 0.552. The molecule has 0 aromatic carbocycles. The zero-order valence-electron chi connectivity index (χ0n) is 8.46. The molecule has 0 amide bonds. The van der Waals surface area contributed by atoms with Crippen LogP contribution < -0.4 is 5.32 Å². The van der Waals surface area contributed by atoms with E-state index in [2.05, 4.69) is 12.2 Å². The van der Waals surface area contributed by atoms with E-state index in [0.717, 1.165) is 25.5 Å². The average molecular weight is 187 g/mol. The van der Waals surface area contributed by atoms with E-state index in [1.165, 1.54) is 12.8 Å². The third-order valence-corrected chi connectivity index (χ3v) is 2.50. The van der Waals surface area contributed by atoms with E-state index in [1.807, 2.05) is 0 Å². The van der Waals surface area contributed by atoms with Crippen LogP contribution in [0.3, 0.4) is 0 Å². The normalized spacial score (nSPS) is 18.9. The molecule has 13 heavy (non-hydrogen) atoms. The van der Waals surface area contributed by atoms with Crippen molar-refractivity contribution in [3.05, 3.63) is 0 Å². The predicted molar refractivity (Wildman–Crippen MR) is 52.7 cm³/mol. The van der Waals surface area contributed by atoms with Crippen LogP contribution in [0.15, 0.2) is 0 Å². The van der Waals surface area contributed by atoms with Crippen molar-refractivity contribution in [1.29, 1.82) is 0 Å². The number of nitrogens with one attached hydrogen (secondary N) is 1. The highest BCUT2D eigenvalue weighted by Gasteiger charge is 2.26. The Morgan fingerprint density at radius 2 is 2.23 bits per heavy atom. The van der Waals surface area contributed by atoms with Gasteiger partial charge >= 0.3 is 0 Å². The lowest BCUT2D eigenvalue weighted by molar-refractivity contribution is 0.0903. The molecular weight excluding hydrogens is 166 g/mol. The molecule has 1 unspecified atom stereocenters. The van der Waals surface area contributed by atoms with Crippen LogP contribution >= 0.6 is 0 Å². The van der Waals surface area contributed by atoms with E-state index in [1.54, 1.807) is 0 Å². The summed E-state index contributed by atoms with van der Waals surface area (Å²) in [6.45, 7) is 4.64. The van der Waals surface area contributed by atoms with Gasteiger partial charge in [0.25, 0.3) is 0 Å². The summed E-state index contributed by atoms with van der Waals surface area (Å²) >= 11 is 0. The molecule has 1 aliphatic rings. The van der Waals surface area contributed by atoms with Crippen LogP contribution in [0, 0.1) is 5.92 Å². The van der Waals surface area contributed by atoms with Gasteiger partial charge in [0.05, 0.1) is 13.2 Å². The number of aliphatic hydroxyl groups excluding tert-OH is 1.